The summed E-state index contributed by atoms with van der Waals surface area (Å²) in [6.07, 6.45) is -0.182. The number of primary amides is 1. The Balaban J connectivity index is 1.45. The van der Waals surface area contributed by atoms with Gasteiger partial charge in [0, 0.05) is 45.1 Å². The van der Waals surface area contributed by atoms with Crippen LogP contribution in [-0.2, 0) is 18.0 Å². The Kier molecular flexibility index (Phi) is 6.25. The van der Waals surface area contributed by atoms with E-state index in [4.69, 9.17) is 11.0 Å². The monoisotopic (exact) mass is 474 g/mol. The smallest absolute Gasteiger partial charge is 0.372 e. The van der Waals surface area contributed by atoms with E-state index >= 15 is 0 Å². The molecule has 34 heavy (non-hydrogen) atoms. The van der Waals surface area contributed by atoms with Crippen LogP contribution in [0.5, 0.6) is 0 Å². The van der Waals surface area contributed by atoms with Crippen molar-refractivity contribution in [2.45, 2.75) is 19.0 Å². The number of rotatable bonds is 4. The molecule has 2 aliphatic rings. The second kappa shape index (κ2) is 9.00. The molecule has 2 aliphatic heterocycles. The van der Waals surface area contributed by atoms with Gasteiger partial charge in [0.1, 0.15) is 0 Å². The number of amides is 2. The number of carbonyl (C=O) groups is 2. The highest BCUT2D eigenvalue weighted by Crippen LogP contribution is 2.39. The SMILES string of the molecule is Cn1cc(C(=O)N2C[C@@H](C(N)=O)[C@H](C3CCN(c4ccc(C#N)c(C(F)(F)F)c4)CC3)C2)cn1. The van der Waals surface area contributed by atoms with Gasteiger partial charge >= 0.3 is 6.18 Å². The van der Waals surface area contributed by atoms with Gasteiger partial charge in [0.25, 0.3) is 5.91 Å². The first-order valence-corrected chi connectivity index (χ1v) is 11.0. The summed E-state index contributed by atoms with van der Waals surface area (Å²) in [6.45, 7) is 1.67. The number of aryl methyl sites for hydroxylation is 1. The molecule has 2 fully saturated rings. The predicted octanol–water partition coefficient (Wildman–Crippen LogP) is 2.40. The fourth-order valence-corrected chi connectivity index (χ4v) is 5.13. The van der Waals surface area contributed by atoms with Gasteiger partial charge < -0.3 is 15.5 Å². The number of nitrogens with zero attached hydrogens (tertiary/aromatic N) is 5. The van der Waals surface area contributed by atoms with E-state index in [1.807, 2.05) is 4.90 Å². The molecule has 0 aliphatic carbocycles. The quantitative estimate of drug-likeness (QED) is 0.732. The zero-order chi connectivity index (χ0) is 24.6. The average molecular weight is 474 g/mol. The average Bonchev–Trinajstić information content (AvgIpc) is 3.45. The Morgan fingerprint density at radius 3 is 2.47 bits per heavy atom. The molecule has 0 bridgehead atoms. The third kappa shape index (κ3) is 4.58. The van der Waals surface area contributed by atoms with Crippen LogP contribution in [0.25, 0.3) is 0 Å². The van der Waals surface area contributed by atoms with E-state index in [1.54, 1.807) is 24.2 Å². The number of benzene rings is 1. The first kappa shape index (κ1) is 23.6. The predicted molar refractivity (Wildman–Crippen MR) is 116 cm³/mol. The minimum Gasteiger partial charge on any atom is -0.372 e. The van der Waals surface area contributed by atoms with Crippen molar-refractivity contribution >= 4 is 17.5 Å². The van der Waals surface area contributed by atoms with E-state index in [1.165, 1.54) is 23.0 Å². The summed E-state index contributed by atoms with van der Waals surface area (Å²) in [5.74, 6) is -1.11. The summed E-state index contributed by atoms with van der Waals surface area (Å²) < 4.78 is 41.6. The van der Waals surface area contributed by atoms with E-state index in [9.17, 15) is 22.8 Å². The summed E-state index contributed by atoms with van der Waals surface area (Å²) in [4.78, 5) is 28.5. The lowest BCUT2D eigenvalue weighted by molar-refractivity contribution is -0.137. The number of aromatic nitrogens is 2. The first-order chi connectivity index (χ1) is 16.1. The number of halogens is 3. The maximum absolute atomic E-state index is 13.3. The van der Waals surface area contributed by atoms with Crippen molar-refractivity contribution in [3.05, 3.63) is 47.3 Å². The number of carbonyl (C=O) groups excluding carboxylic acids is 2. The van der Waals surface area contributed by atoms with Crippen molar-refractivity contribution < 1.29 is 22.8 Å². The van der Waals surface area contributed by atoms with E-state index in [0.717, 1.165) is 6.07 Å². The highest BCUT2D eigenvalue weighted by atomic mass is 19.4. The number of hydrogen-bond acceptors (Lipinski definition) is 5. The van der Waals surface area contributed by atoms with E-state index in [0.29, 0.717) is 43.7 Å². The summed E-state index contributed by atoms with van der Waals surface area (Å²) in [7, 11) is 1.72. The third-order valence-electron chi connectivity index (χ3n) is 6.91. The second-order valence-electron chi connectivity index (χ2n) is 8.95. The molecule has 2 atom stereocenters. The van der Waals surface area contributed by atoms with Crippen LogP contribution in [0.3, 0.4) is 0 Å². The van der Waals surface area contributed by atoms with Crippen LogP contribution in [0, 0.1) is 29.1 Å². The Labute approximate surface area is 194 Å². The molecule has 0 unspecified atom stereocenters. The first-order valence-electron chi connectivity index (χ1n) is 11.0. The normalized spacial score (nSPS) is 21.5. The molecule has 2 N–H and O–H groups in total. The van der Waals surface area contributed by atoms with Crippen LogP contribution < -0.4 is 10.6 Å². The Morgan fingerprint density at radius 1 is 1.21 bits per heavy atom. The lowest BCUT2D eigenvalue weighted by Gasteiger charge is -2.37. The van der Waals surface area contributed by atoms with E-state index in [-0.39, 0.29) is 24.3 Å². The summed E-state index contributed by atoms with van der Waals surface area (Å²) in [5.41, 5.74) is 5.18. The molecule has 0 spiro atoms. The molecule has 11 heteroatoms. The van der Waals surface area contributed by atoms with Crippen LogP contribution in [0.4, 0.5) is 18.9 Å². The molecular weight excluding hydrogens is 449 g/mol. The second-order valence-corrected chi connectivity index (χ2v) is 8.95. The van der Waals surface area contributed by atoms with Gasteiger partial charge in [-0.2, -0.15) is 23.5 Å². The number of nitrogens with two attached hydrogens (primary N) is 1. The molecule has 3 heterocycles. The summed E-state index contributed by atoms with van der Waals surface area (Å²) >= 11 is 0. The number of anilines is 1. The zero-order valence-corrected chi connectivity index (χ0v) is 18.6. The molecule has 0 saturated carbocycles. The van der Waals surface area contributed by atoms with Crippen molar-refractivity contribution in [1.29, 1.82) is 5.26 Å². The minimum absolute atomic E-state index is 0.105. The van der Waals surface area contributed by atoms with Crippen molar-refractivity contribution in [3.8, 4) is 6.07 Å². The number of likely N-dealkylation sites (tertiary alicyclic amines) is 1. The molecular formula is C23H25F3N6O2. The fourth-order valence-electron chi connectivity index (χ4n) is 5.13. The molecule has 0 radical (unpaired) electrons. The molecule has 2 saturated heterocycles. The Morgan fingerprint density at radius 2 is 1.91 bits per heavy atom. The zero-order valence-electron chi connectivity index (χ0n) is 18.6. The van der Waals surface area contributed by atoms with Gasteiger partial charge in [-0.15, -0.1) is 0 Å². The Hall–Kier alpha value is -3.55. The lowest BCUT2D eigenvalue weighted by Crippen LogP contribution is -2.40. The highest BCUT2D eigenvalue weighted by molar-refractivity contribution is 5.94. The molecule has 2 aromatic rings. The maximum atomic E-state index is 13.3. The van der Waals surface area contributed by atoms with Gasteiger partial charge in [0.15, 0.2) is 0 Å². The van der Waals surface area contributed by atoms with Gasteiger partial charge in [-0.1, -0.05) is 0 Å². The number of nitriles is 1. The highest BCUT2D eigenvalue weighted by Gasteiger charge is 2.43. The molecule has 4 rings (SSSR count). The van der Waals surface area contributed by atoms with Crippen LogP contribution in [0.1, 0.15) is 34.3 Å². The summed E-state index contributed by atoms with van der Waals surface area (Å²) in [5, 5.41) is 13.0. The van der Waals surface area contributed by atoms with Crippen molar-refractivity contribution in [2.75, 3.05) is 31.1 Å². The van der Waals surface area contributed by atoms with E-state index < -0.39 is 29.1 Å². The maximum Gasteiger partial charge on any atom is 0.417 e. The fraction of sp³-hybridized carbons (Fsp3) is 0.478. The van der Waals surface area contributed by atoms with Gasteiger partial charge in [0.2, 0.25) is 5.91 Å². The third-order valence-corrected chi connectivity index (χ3v) is 6.91. The van der Waals surface area contributed by atoms with Crippen molar-refractivity contribution in [1.82, 2.24) is 14.7 Å². The molecule has 8 nitrogen and oxygen atoms in total. The number of hydrogen-bond donors (Lipinski definition) is 1. The molecule has 1 aromatic carbocycles. The number of piperidine rings is 1. The van der Waals surface area contributed by atoms with Crippen molar-refractivity contribution in [3.63, 3.8) is 0 Å². The largest absolute Gasteiger partial charge is 0.417 e. The van der Waals surface area contributed by atoms with E-state index in [2.05, 4.69) is 5.10 Å². The van der Waals surface area contributed by atoms with Gasteiger partial charge in [-0.25, -0.2) is 0 Å². The minimum atomic E-state index is -4.61. The van der Waals surface area contributed by atoms with Gasteiger partial charge in [-0.3, -0.25) is 14.3 Å². The van der Waals surface area contributed by atoms with Crippen LogP contribution >= 0.6 is 0 Å². The molecule has 180 valence electrons. The summed E-state index contributed by atoms with van der Waals surface area (Å²) in [6, 6.07) is 5.35. The number of alkyl halides is 3. The lowest BCUT2D eigenvalue weighted by atomic mass is 9.78. The van der Waals surface area contributed by atoms with Gasteiger partial charge in [0.05, 0.1) is 34.9 Å². The Bertz CT molecular complexity index is 1130. The van der Waals surface area contributed by atoms with Crippen LogP contribution in [0.15, 0.2) is 30.6 Å². The standard InChI is InChI=1S/C23H25F3N6O2/c1-30-11-16(10-29-30)22(34)32-12-18(19(13-32)21(28)33)14-4-6-31(7-5-14)17-3-2-15(9-27)20(8-17)23(24,25)26/h2-3,8,10-11,14,18-19H,4-7,12-13H2,1H3,(H2,28,33)/t18-,19+/m0/s1. The topological polar surface area (TPSA) is 108 Å². The van der Waals surface area contributed by atoms with Gasteiger partial charge in [-0.05, 0) is 42.9 Å². The molecule has 1 aromatic heterocycles. The van der Waals surface area contributed by atoms with Crippen molar-refractivity contribution in [2.24, 2.45) is 30.5 Å². The van der Waals surface area contributed by atoms with Crippen LogP contribution in [0.2, 0.25) is 0 Å². The van der Waals surface area contributed by atoms with Crippen LogP contribution in [-0.4, -0.2) is 52.7 Å². The molecule has 2 amide bonds.